The standard InChI is InChI=1S/C21H29N7O2/c1-3-22-20(27-12-14-28(15-13-27)21-24-8-5-9-25-21)26-11-10-23-19(29)17-6-4-7-18(16-17)30-2/h4-9,16H,3,10-15H2,1-2H3,(H,22,26)(H,23,29). The second-order valence-corrected chi connectivity index (χ2v) is 6.75. The van der Waals surface area contributed by atoms with Crippen LogP contribution in [0, 0.1) is 0 Å². The van der Waals surface area contributed by atoms with Gasteiger partial charge in [-0.25, -0.2) is 9.97 Å². The van der Waals surface area contributed by atoms with E-state index in [1.165, 1.54) is 0 Å². The number of carbonyl (C=O) groups excluding carboxylic acids is 1. The van der Waals surface area contributed by atoms with Crippen molar-refractivity contribution in [1.82, 2.24) is 25.5 Å². The summed E-state index contributed by atoms with van der Waals surface area (Å²) in [6.45, 7) is 7.14. The average molecular weight is 412 g/mol. The minimum Gasteiger partial charge on any atom is -0.497 e. The maximum Gasteiger partial charge on any atom is 0.251 e. The number of ether oxygens (including phenoxy) is 1. The van der Waals surface area contributed by atoms with Crippen molar-refractivity contribution in [2.24, 2.45) is 4.99 Å². The molecule has 9 nitrogen and oxygen atoms in total. The zero-order valence-corrected chi connectivity index (χ0v) is 17.5. The molecule has 1 amide bonds. The van der Waals surface area contributed by atoms with Crippen molar-refractivity contribution in [2.45, 2.75) is 6.92 Å². The maximum absolute atomic E-state index is 12.3. The predicted octanol–water partition coefficient (Wildman–Crippen LogP) is 1.00. The number of hydrogen-bond donors (Lipinski definition) is 2. The highest BCUT2D eigenvalue weighted by atomic mass is 16.5. The van der Waals surface area contributed by atoms with Crippen molar-refractivity contribution >= 4 is 17.8 Å². The molecule has 0 bridgehead atoms. The van der Waals surface area contributed by atoms with Gasteiger partial charge in [0.1, 0.15) is 5.75 Å². The molecule has 1 fully saturated rings. The van der Waals surface area contributed by atoms with Crippen LogP contribution in [0.1, 0.15) is 17.3 Å². The third kappa shape index (κ3) is 5.82. The molecule has 0 saturated carbocycles. The highest BCUT2D eigenvalue weighted by Gasteiger charge is 2.21. The molecule has 1 aromatic heterocycles. The Morgan fingerprint density at radius 2 is 1.90 bits per heavy atom. The topological polar surface area (TPSA) is 95.0 Å². The number of nitrogens with one attached hydrogen (secondary N) is 2. The summed E-state index contributed by atoms with van der Waals surface area (Å²) >= 11 is 0. The number of carbonyl (C=O) groups is 1. The molecule has 160 valence electrons. The van der Waals surface area contributed by atoms with Crippen molar-refractivity contribution in [2.75, 3.05) is 57.8 Å². The van der Waals surface area contributed by atoms with Crippen LogP contribution in [0.2, 0.25) is 0 Å². The van der Waals surface area contributed by atoms with E-state index >= 15 is 0 Å². The Bertz CT molecular complexity index is 836. The Hall–Kier alpha value is -3.36. The SMILES string of the molecule is CCNC(=NCCNC(=O)c1cccc(OC)c1)N1CCN(c2ncccn2)CC1. The quantitative estimate of drug-likeness (QED) is 0.399. The Labute approximate surface area is 177 Å². The molecule has 2 heterocycles. The van der Waals surface area contributed by atoms with Gasteiger partial charge in [-0.15, -0.1) is 0 Å². The molecular formula is C21H29N7O2. The predicted molar refractivity (Wildman–Crippen MR) is 117 cm³/mol. The van der Waals surface area contributed by atoms with Gasteiger partial charge in [0.05, 0.1) is 13.7 Å². The van der Waals surface area contributed by atoms with Crippen LogP contribution in [0.15, 0.2) is 47.7 Å². The molecule has 9 heteroatoms. The van der Waals surface area contributed by atoms with Gasteiger partial charge in [0.25, 0.3) is 5.91 Å². The number of methoxy groups -OCH3 is 1. The third-order valence-electron chi connectivity index (χ3n) is 4.74. The lowest BCUT2D eigenvalue weighted by molar-refractivity contribution is 0.0954. The summed E-state index contributed by atoms with van der Waals surface area (Å²) in [7, 11) is 1.58. The third-order valence-corrected chi connectivity index (χ3v) is 4.74. The van der Waals surface area contributed by atoms with Crippen LogP contribution in [0.5, 0.6) is 5.75 Å². The molecule has 2 N–H and O–H groups in total. The van der Waals surface area contributed by atoms with Crippen LogP contribution in [0.4, 0.5) is 5.95 Å². The van der Waals surface area contributed by atoms with Gasteiger partial charge in [0.15, 0.2) is 5.96 Å². The van der Waals surface area contributed by atoms with Crippen LogP contribution in [0.3, 0.4) is 0 Å². The minimum atomic E-state index is -0.134. The molecular weight excluding hydrogens is 382 g/mol. The largest absolute Gasteiger partial charge is 0.497 e. The van der Waals surface area contributed by atoms with E-state index in [0.29, 0.717) is 24.4 Å². The molecule has 2 aromatic rings. The molecule has 1 aliphatic rings. The number of anilines is 1. The average Bonchev–Trinajstić information content (AvgIpc) is 2.81. The van der Waals surface area contributed by atoms with Crippen molar-refractivity contribution in [3.8, 4) is 5.75 Å². The van der Waals surface area contributed by atoms with Gasteiger partial charge in [-0.05, 0) is 31.2 Å². The van der Waals surface area contributed by atoms with E-state index in [1.54, 1.807) is 37.7 Å². The molecule has 0 aliphatic carbocycles. The van der Waals surface area contributed by atoms with Gasteiger partial charge in [-0.1, -0.05) is 6.07 Å². The smallest absolute Gasteiger partial charge is 0.251 e. The van der Waals surface area contributed by atoms with Crippen molar-refractivity contribution in [3.63, 3.8) is 0 Å². The fourth-order valence-corrected chi connectivity index (χ4v) is 3.20. The van der Waals surface area contributed by atoms with E-state index in [1.807, 2.05) is 19.1 Å². The Kier molecular flexibility index (Phi) is 7.82. The van der Waals surface area contributed by atoms with Gasteiger partial charge in [-0.3, -0.25) is 9.79 Å². The summed E-state index contributed by atoms with van der Waals surface area (Å²) < 4.78 is 5.17. The van der Waals surface area contributed by atoms with Crippen LogP contribution < -0.4 is 20.3 Å². The first-order valence-corrected chi connectivity index (χ1v) is 10.2. The number of rotatable bonds is 7. The lowest BCUT2D eigenvalue weighted by Gasteiger charge is -2.36. The number of aromatic nitrogens is 2. The lowest BCUT2D eigenvalue weighted by atomic mass is 10.2. The van der Waals surface area contributed by atoms with Crippen molar-refractivity contribution in [3.05, 3.63) is 48.3 Å². The minimum absolute atomic E-state index is 0.134. The molecule has 0 atom stereocenters. The van der Waals surface area contributed by atoms with E-state index in [9.17, 15) is 4.79 Å². The zero-order chi connectivity index (χ0) is 21.2. The molecule has 3 rings (SSSR count). The van der Waals surface area contributed by atoms with Crippen LogP contribution in [-0.4, -0.2) is 79.7 Å². The van der Waals surface area contributed by atoms with E-state index in [0.717, 1.165) is 44.6 Å². The molecule has 0 unspecified atom stereocenters. The summed E-state index contributed by atoms with van der Waals surface area (Å²) in [5.74, 6) is 2.15. The number of guanidine groups is 1. The fraction of sp³-hybridized carbons (Fsp3) is 0.429. The fourth-order valence-electron chi connectivity index (χ4n) is 3.20. The second kappa shape index (κ2) is 11.0. The highest BCUT2D eigenvalue weighted by molar-refractivity contribution is 5.94. The zero-order valence-electron chi connectivity index (χ0n) is 17.5. The van der Waals surface area contributed by atoms with Crippen LogP contribution >= 0.6 is 0 Å². The second-order valence-electron chi connectivity index (χ2n) is 6.75. The van der Waals surface area contributed by atoms with Gasteiger partial charge in [0, 0.05) is 57.2 Å². The van der Waals surface area contributed by atoms with E-state index in [4.69, 9.17) is 4.74 Å². The molecule has 0 spiro atoms. The van der Waals surface area contributed by atoms with Gasteiger partial charge >= 0.3 is 0 Å². The van der Waals surface area contributed by atoms with E-state index < -0.39 is 0 Å². The van der Waals surface area contributed by atoms with Gasteiger partial charge in [-0.2, -0.15) is 0 Å². The first kappa shape index (κ1) is 21.4. The van der Waals surface area contributed by atoms with E-state index in [2.05, 4.69) is 35.4 Å². The summed E-state index contributed by atoms with van der Waals surface area (Å²) in [4.78, 5) is 30.0. The Morgan fingerprint density at radius 3 is 2.60 bits per heavy atom. The first-order valence-electron chi connectivity index (χ1n) is 10.2. The molecule has 1 saturated heterocycles. The number of benzene rings is 1. The summed E-state index contributed by atoms with van der Waals surface area (Å²) in [6.07, 6.45) is 3.53. The Morgan fingerprint density at radius 1 is 1.13 bits per heavy atom. The number of nitrogens with zero attached hydrogens (tertiary/aromatic N) is 5. The monoisotopic (exact) mass is 411 g/mol. The van der Waals surface area contributed by atoms with Gasteiger partial charge in [0.2, 0.25) is 5.95 Å². The summed E-state index contributed by atoms with van der Waals surface area (Å²) in [5.41, 5.74) is 0.574. The molecule has 1 aliphatic heterocycles. The number of piperazine rings is 1. The number of aliphatic imine (C=N–C) groups is 1. The van der Waals surface area contributed by atoms with Crippen molar-refractivity contribution < 1.29 is 9.53 Å². The van der Waals surface area contributed by atoms with Crippen LogP contribution in [0.25, 0.3) is 0 Å². The van der Waals surface area contributed by atoms with Crippen LogP contribution in [-0.2, 0) is 0 Å². The highest BCUT2D eigenvalue weighted by Crippen LogP contribution is 2.12. The molecule has 0 radical (unpaired) electrons. The first-order chi connectivity index (χ1) is 14.7. The normalized spacial score (nSPS) is 14.4. The number of amides is 1. The van der Waals surface area contributed by atoms with Gasteiger partial charge < -0.3 is 25.2 Å². The van der Waals surface area contributed by atoms with Crippen molar-refractivity contribution in [1.29, 1.82) is 0 Å². The number of hydrogen-bond acceptors (Lipinski definition) is 6. The summed E-state index contributed by atoms with van der Waals surface area (Å²) in [5, 5.41) is 6.25. The molecule has 1 aromatic carbocycles. The maximum atomic E-state index is 12.3. The molecule has 30 heavy (non-hydrogen) atoms. The van der Waals surface area contributed by atoms with E-state index in [-0.39, 0.29) is 5.91 Å². The Balaban J connectivity index is 1.49. The lowest BCUT2D eigenvalue weighted by Crippen LogP contribution is -2.53. The summed E-state index contributed by atoms with van der Waals surface area (Å²) in [6, 6.07) is 8.92.